The molecule has 104 valence electrons. The van der Waals surface area contributed by atoms with Crippen molar-refractivity contribution in [1.29, 1.82) is 0 Å². The van der Waals surface area contributed by atoms with Crippen LogP contribution in [0.2, 0.25) is 0 Å². The number of fused-ring (bicyclic) bond motifs is 1. The highest BCUT2D eigenvalue weighted by molar-refractivity contribution is 4.92. The summed E-state index contributed by atoms with van der Waals surface area (Å²) in [5.74, 6) is 1.79. The van der Waals surface area contributed by atoms with Crippen molar-refractivity contribution in [3.8, 4) is 0 Å². The average molecular weight is 250 g/mol. The number of rotatable bonds is 2. The number of hydrogen-bond donors (Lipinski definition) is 1. The van der Waals surface area contributed by atoms with Gasteiger partial charge in [-0.1, -0.05) is 26.7 Å². The van der Waals surface area contributed by atoms with E-state index in [0.717, 1.165) is 30.0 Å². The van der Waals surface area contributed by atoms with Crippen molar-refractivity contribution in [3.63, 3.8) is 0 Å². The maximum Gasteiger partial charge on any atom is 0.0111 e. The van der Waals surface area contributed by atoms with E-state index in [0.29, 0.717) is 0 Å². The predicted molar refractivity (Wildman–Crippen MR) is 76.7 cm³/mol. The Kier molecular flexibility index (Phi) is 3.95. The molecular formula is C16H30N2. The van der Waals surface area contributed by atoms with Gasteiger partial charge in [-0.15, -0.1) is 0 Å². The zero-order valence-electron chi connectivity index (χ0n) is 12.2. The molecule has 2 saturated heterocycles. The van der Waals surface area contributed by atoms with Crippen molar-refractivity contribution in [3.05, 3.63) is 0 Å². The molecule has 0 bridgehead atoms. The summed E-state index contributed by atoms with van der Waals surface area (Å²) in [7, 11) is 0. The first kappa shape index (κ1) is 12.9. The zero-order valence-corrected chi connectivity index (χ0v) is 12.2. The summed E-state index contributed by atoms with van der Waals surface area (Å²) < 4.78 is 0. The molecule has 0 aromatic rings. The van der Waals surface area contributed by atoms with E-state index in [-0.39, 0.29) is 0 Å². The predicted octanol–water partition coefficient (Wildman–Crippen LogP) is 3.03. The van der Waals surface area contributed by atoms with E-state index >= 15 is 0 Å². The van der Waals surface area contributed by atoms with Gasteiger partial charge in [-0.25, -0.2) is 0 Å². The van der Waals surface area contributed by atoms with Crippen molar-refractivity contribution in [2.24, 2.45) is 11.8 Å². The largest absolute Gasteiger partial charge is 0.311 e. The minimum absolute atomic E-state index is 0.798. The van der Waals surface area contributed by atoms with Crippen LogP contribution in [0.15, 0.2) is 0 Å². The zero-order chi connectivity index (χ0) is 12.5. The van der Waals surface area contributed by atoms with E-state index in [4.69, 9.17) is 0 Å². The monoisotopic (exact) mass is 250 g/mol. The van der Waals surface area contributed by atoms with Gasteiger partial charge in [0.1, 0.15) is 0 Å². The molecule has 2 heteroatoms. The fraction of sp³-hybridized carbons (Fsp3) is 1.00. The molecule has 5 atom stereocenters. The molecule has 2 aliphatic heterocycles. The highest BCUT2D eigenvalue weighted by Gasteiger charge is 2.34. The van der Waals surface area contributed by atoms with Crippen LogP contribution in [0.25, 0.3) is 0 Å². The summed E-state index contributed by atoms with van der Waals surface area (Å²) in [4.78, 5) is 2.73. The Labute approximate surface area is 113 Å². The lowest BCUT2D eigenvalue weighted by Gasteiger charge is -2.41. The van der Waals surface area contributed by atoms with Crippen LogP contribution in [0.4, 0.5) is 0 Å². The van der Waals surface area contributed by atoms with E-state index < -0.39 is 0 Å². The standard InChI is InChI=1S/C16H30N2/c1-12-5-3-7-16(13(12)2)17-14-8-10-18-9-4-6-15(18)11-14/h12-17H,3-11H2,1-2H3. The Morgan fingerprint density at radius 2 is 1.83 bits per heavy atom. The topological polar surface area (TPSA) is 15.3 Å². The van der Waals surface area contributed by atoms with Crippen molar-refractivity contribution in [2.75, 3.05) is 13.1 Å². The van der Waals surface area contributed by atoms with Gasteiger partial charge in [-0.2, -0.15) is 0 Å². The molecule has 0 aromatic carbocycles. The van der Waals surface area contributed by atoms with E-state index in [1.54, 1.807) is 0 Å². The molecule has 18 heavy (non-hydrogen) atoms. The van der Waals surface area contributed by atoms with Gasteiger partial charge in [0.15, 0.2) is 0 Å². The maximum absolute atomic E-state index is 4.02. The van der Waals surface area contributed by atoms with Crippen LogP contribution in [0, 0.1) is 11.8 Å². The number of nitrogens with one attached hydrogen (secondary N) is 1. The Hall–Kier alpha value is -0.0800. The van der Waals surface area contributed by atoms with Crippen molar-refractivity contribution in [1.82, 2.24) is 10.2 Å². The Bertz CT molecular complexity index is 278. The first-order chi connectivity index (χ1) is 8.74. The summed E-state index contributed by atoms with van der Waals surface area (Å²) in [6.07, 6.45) is 9.98. The third-order valence-electron chi connectivity index (χ3n) is 5.98. The van der Waals surface area contributed by atoms with E-state index in [2.05, 4.69) is 24.1 Å². The Morgan fingerprint density at radius 1 is 0.944 bits per heavy atom. The SMILES string of the molecule is CC1CCCC(NC2CCN3CCCC3C2)C1C. The van der Waals surface area contributed by atoms with Crippen LogP contribution in [0.3, 0.4) is 0 Å². The lowest BCUT2D eigenvalue weighted by atomic mass is 9.77. The van der Waals surface area contributed by atoms with Gasteiger partial charge in [0.05, 0.1) is 0 Å². The second-order valence-electron chi connectivity index (χ2n) is 7.09. The number of nitrogens with zero attached hydrogens (tertiary/aromatic N) is 1. The quantitative estimate of drug-likeness (QED) is 0.810. The van der Waals surface area contributed by atoms with Gasteiger partial charge >= 0.3 is 0 Å². The molecule has 0 amide bonds. The number of hydrogen-bond acceptors (Lipinski definition) is 2. The molecular weight excluding hydrogens is 220 g/mol. The van der Waals surface area contributed by atoms with Gasteiger partial charge in [0.2, 0.25) is 0 Å². The van der Waals surface area contributed by atoms with Crippen LogP contribution < -0.4 is 5.32 Å². The van der Waals surface area contributed by atoms with Crippen LogP contribution in [0.1, 0.15) is 58.8 Å². The molecule has 2 heterocycles. The van der Waals surface area contributed by atoms with E-state index in [1.165, 1.54) is 58.0 Å². The number of piperidine rings is 1. The molecule has 1 aliphatic carbocycles. The molecule has 1 saturated carbocycles. The van der Waals surface area contributed by atoms with Crippen LogP contribution in [-0.2, 0) is 0 Å². The molecule has 1 N–H and O–H groups in total. The van der Waals surface area contributed by atoms with Crippen LogP contribution in [0.5, 0.6) is 0 Å². The summed E-state index contributed by atoms with van der Waals surface area (Å²) >= 11 is 0. The first-order valence-corrected chi connectivity index (χ1v) is 8.24. The fourth-order valence-electron chi connectivity index (χ4n) is 4.50. The summed E-state index contributed by atoms with van der Waals surface area (Å²) in [6, 6.07) is 2.52. The normalized spacial score (nSPS) is 46.0. The summed E-state index contributed by atoms with van der Waals surface area (Å²) in [6.45, 7) is 7.62. The molecule has 3 rings (SSSR count). The fourth-order valence-corrected chi connectivity index (χ4v) is 4.50. The smallest absolute Gasteiger partial charge is 0.0111 e. The van der Waals surface area contributed by atoms with Gasteiger partial charge in [0.25, 0.3) is 0 Å². The van der Waals surface area contributed by atoms with E-state index in [9.17, 15) is 0 Å². The molecule has 0 aromatic heterocycles. The third-order valence-corrected chi connectivity index (χ3v) is 5.98. The maximum atomic E-state index is 4.02. The minimum atomic E-state index is 0.798. The van der Waals surface area contributed by atoms with Gasteiger partial charge in [0, 0.05) is 18.1 Å². The van der Waals surface area contributed by atoms with Crippen molar-refractivity contribution < 1.29 is 0 Å². The van der Waals surface area contributed by atoms with Gasteiger partial charge in [-0.3, -0.25) is 0 Å². The molecule has 2 nitrogen and oxygen atoms in total. The highest BCUT2D eigenvalue weighted by Crippen LogP contribution is 2.32. The Balaban J connectivity index is 1.53. The molecule has 5 unspecified atom stereocenters. The minimum Gasteiger partial charge on any atom is -0.311 e. The Morgan fingerprint density at radius 3 is 2.72 bits per heavy atom. The second kappa shape index (κ2) is 5.50. The second-order valence-corrected chi connectivity index (χ2v) is 7.09. The first-order valence-electron chi connectivity index (χ1n) is 8.24. The molecule has 0 radical (unpaired) electrons. The highest BCUT2D eigenvalue weighted by atomic mass is 15.2. The van der Waals surface area contributed by atoms with Crippen molar-refractivity contribution in [2.45, 2.75) is 76.9 Å². The van der Waals surface area contributed by atoms with Gasteiger partial charge < -0.3 is 10.2 Å². The van der Waals surface area contributed by atoms with Gasteiger partial charge in [-0.05, 0) is 57.0 Å². The average Bonchev–Trinajstić information content (AvgIpc) is 2.82. The lowest BCUT2D eigenvalue weighted by molar-refractivity contribution is 0.133. The van der Waals surface area contributed by atoms with Crippen LogP contribution >= 0.6 is 0 Å². The summed E-state index contributed by atoms with van der Waals surface area (Å²) in [5.41, 5.74) is 0. The van der Waals surface area contributed by atoms with Crippen molar-refractivity contribution >= 4 is 0 Å². The lowest BCUT2D eigenvalue weighted by Crippen LogP contribution is -2.51. The molecule has 0 spiro atoms. The summed E-state index contributed by atoms with van der Waals surface area (Å²) in [5, 5.41) is 4.02. The molecule has 3 aliphatic rings. The molecule has 3 fully saturated rings. The van der Waals surface area contributed by atoms with Crippen LogP contribution in [-0.4, -0.2) is 36.1 Å². The third kappa shape index (κ3) is 2.60. The van der Waals surface area contributed by atoms with E-state index in [1.807, 2.05) is 0 Å².